The number of hydrogen-bond acceptors (Lipinski definition) is 5. The minimum absolute atomic E-state index is 0.0417. The van der Waals surface area contributed by atoms with Crippen molar-refractivity contribution in [3.8, 4) is 5.88 Å². The topological polar surface area (TPSA) is 64.1 Å². The number of carbonyl (C=O) groups is 1. The molecule has 1 N–H and O–H groups in total. The number of nitrogens with one attached hydrogen (secondary N) is 1. The van der Waals surface area contributed by atoms with E-state index in [2.05, 4.69) is 15.3 Å². The molecular weight excluding hydrogens is 403 g/mol. The van der Waals surface area contributed by atoms with E-state index in [-0.39, 0.29) is 23.9 Å². The molecule has 152 valence electrons. The number of fused-ring (bicyclic) bond motifs is 1. The summed E-state index contributed by atoms with van der Waals surface area (Å²) >= 11 is 1.49. The van der Waals surface area contributed by atoms with E-state index in [9.17, 15) is 18.0 Å². The van der Waals surface area contributed by atoms with Gasteiger partial charge in [0.2, 0.25) is 5.88 Å². The summed E-state index contributed by atoms with van der Waals surface area (Å²) in [6.07, 6.45) is -0.892. The van der Waals surface area contributed by atoms with E-state index in [1.165, 1.54) is 17.4 Å². The fourth-order valence-corrected chi connectivity index (χ4v) is 4.09. The smallest absolute Gasteiger partial charge is 0.417 e. The van der Waals surface area contributed by atoms with Crippen molar-refractivity contribution in [3.05, 3.63) is 53.2 Å². The van der Waals surface area contributed by atoms with Crippen molar-refractivity contribution in [2.45, 2.75) is 44.0 Å². The van der Waals surface area contributed by atoms with E-state index < -0.39 is 11.7 Å². The lowest BCUT2D eigenvalue weighted by molar-refractivity contribution is -0.137. The molecule has 0 radical (unpaired) electrons. The lowest BCUT2D eigenvalue weighted by Gasteiger charge is -2.29. The fraction of sp³-hybridized carbons (Fsp3) is 0.350. The van der Waals surface area contributed by atoms with Crippen LogP contribution >= 0.6 is 11.3 Å². The minimum atomic E-state index is -4.41. The Morgan fingerprint density at radius 2 is 1.90 bits per heavy atom. The summed E-state index contributed by atoms with van der Waals surface area (Å²) in [4.78, 5) is 20.5. The van der Waals surface area contributed by atoms with Crippen molar-refractivity contribution in [2.24, 2.45) is 0 Å². The summed E-state index contributed by atoms with van der Waals surface area (Å²) in [5.41, 5.74) is 2.43. The number of carbonyl (C=O) groups excluding carboxylic acids is 1. The van der Waals surface area contributed by atoms with E-state index in [1.807, 2.05) is 12.1 Å². The number of rotatable bonds is 4. The second-order valence-corrected chi connectivity index (χ2v) is 7.87. The Kier molecular flexibility index (Phi) is 5.40. The normalized spacial score (nSPS) is 19.8. The van der Waals surface area contributed by atoms with Crippen LogP contribution in [-0.2, 0) is 6.18 Å². The van der Waals surface area contributed by atoms with Crippen LogP contribution in [-0.4, -0.2) is 28.0 Å². The van der Waals surface area contributed by atoms with Gasteiger partial charge >= 0.3 is 6.18 Å². The number of alkyl halides is 3. The van der Waals surface area contributed by atoms with Crippen molar-refractivity contribution < 1.29 is 22.7 Å². The second kappa shape index (κ2) is 7.98. The molecule has 1 aliphatic carbocycles. The number of hydrogen-bond donors (Lipinski definition) is 1. The van der Waals surface area contributed by atoms with Gasteiger partial charge in [0.15, 0.2) is 0 Å². The zero-order valence-electron chi connectivity index (χ0n) is 15.3. The van der Waals surface area contributed by atoms with Crippen LogP contribution in [0.15, 0.2) is 42.0 Å². The van der Waals surface area contributed by atoms with Crippen molar-refractivity contribution in [1.82, 2.24) is 15.3 Å². The van der Waals surface area contributed by atoms with Crippen LogP contribution in [0.5, 0.6) is 5.88 Å². The Bertz CT molecular complexity index is 996. The largest absolute Gasteiger partial charge is 0.474 e. The van der Waals surface area contributed by atoms with Gasteiger partial charge in [0.25, 0.3) is 5.91 Å². The monoisotopic (exact) mass is 421 g/mol. The molecule has 1 amide bonds. The zero-order chi connectivity index (χ0) is 20.4. The second-order valence-electron chi connectivity index (χ2n) is 6.98. The first-order chi connectivity index (χ1) is 13.9. The third-order valence-electron chi connectivity index (χ3n) is 4.95. The predicted molar refractivity (Wildman–Crippen MR) is 103 cm³/mol. The average Bonchev–Trinajstić information content (AvgIpc) is 3.17. The molecule has 1 saturated carbocycles. The Balaban J connectivity index is 1.28. The molecule has 1 aliphatic rings. The molecule has 4 rings (SSSR count). The number of amides is 1. The number of nitrogens with zero attached hydrogens (tertiary/aromatic N) is 2. The highest BCUT2D eigenvalue weighted by Crippen LogP contribution is 2.30. The highest BCUT2D eigenvalue weighted by molar-refractivity contribution is 7.16. The molecule has 3 aromatic rings. The zero-order valence-corrected chi connectivity index (χ0v) is 16.1. The number of benzene rings is 1. The molecule has 2 heterocycles. The SMILES string of the molecule is O=C(NC1CCC(Oc2ccc(C(F)(F)F)cn2)CC1)c1ccc2ncsc2c1. The van der Waals surface area contributed by atoms with Crippen LogP contribution in [0.1, 0.15) is 41.6 Å². The fourth-order valence-electron chi connectivity index (χ4n) is 3.38. The van der Waals surface area contributed by atoms with Crippen LogP contribution in [0.25, 0.3) is 10.2 Å². The molecule has 0 atom stereocenters. The van der Waals surface area contributed by atoms with Gasteiger partial charge in [0.05, 0.1) is 21.3 Å². The Labute approximate surface area is 168 Å². The van der Waals surface area contributed by atoms with Crippen LogP contribution in [0, 0.1) is 0 Å². The van der Waals surface area contributed by atoms with Gasteiger partial charge in [-0.25, -0.2) is 9.97 Å². The standard InChI is InChI=1S/C20H18F3N3O2S/c21-20(22,23)13-2-8-18(24-10-13)28-15-5-3-14(4-6-15)26-19(27)12-1-7-16-17(9-12)29-11-25-16/h1-2,7-11,14-15H,3-6H2,(H,26,27). The van der Waals surface area contributed by atoms with Gasteiger partial charge in [-0.3, -0.25) is 4.79 Å². The maximum Gasteiger partial charge on any atom is 0.417 e. The molecule has 0 bridgehead atoms. The molecule has 0 unspecified atom stereocenters. The molecular formula is C20H18F3N3O2S. The Hall–Kier alpha value is -2.68. The third-order valence-corrected chi connectivity index (χ3v) is 5.75. The summed E-state index contributed by atoms with van der Waals surface area (Å²) in [6.45, 7) is 0. The highest BCUT2D eigenvalue weighted by Gasteiger charge is 2.31. The minimum Gasteiger partial charge on any atom is -0.474 e. The van der Waals surface area contributed by atoms with E-state index >= 15 is 0 Å². The third kappa shape index (κ3) is 4.67. The molecule has 29 heavy (non-hydrogen) atoms. The van der Waals surface area contributed by atoms with Gasteiger partial charge in [-0.2, -0.15) is 13.2 Å². The van der Waals surface area contributed by atoms with E-state index in [4.69, 9.17) is 4.74 Å². The van der Waals surface area contributed by atoms with E-state index in [1.54, 1.807) is 11.6 Å². The molecule has 9 heteroatoms. The highest BCUT2D eigenvalue weighted by atomic mass is 32.1. The summed E-state index contributed by atoms with van der Waals surface area (Å²) in [6, 6.07) is 7.69. The number of aromatic nitrogens is 2. The van der Waals surface area contributed by atoms with Crippen LogP contribution in [0.3, 0.4) is 0 Å². The lowest BCUT2D eigenvalue weighted by atomic mass is 9.92. The summed E-state index contributed by atoms with van der Waals surface area (Å²) in [7, 11) is 0. The molecule has 0 aliphatic heterocycles. The predicted octanol–water partition coefficient (Wildman–Crippen LogP) is 4.83. The summed E-state index contributed by atoms with van der Waals surface area (Å²) in [5, 5.41) is 3.05. The Morgan fingerprint density at radius 1 is 1.10 bits per heavy atom. The van der Waals surface area contributed by atoms with Gasteiger partial charge in [-0.1, -0.05) is 0 Å². The van der Waals surface area contributed by atoms with Crippen molar-refractivity contribution in [3.63, 3.8) is 0 Å². The summed E-state index contributed by atoms with van der Waals surface area (Å²) in [5.74, 6) is 0.0671. The number of ether oxygens (including phenoxy) is 1. The van der Waals surface area contributed by atoms with Crippen LogP contribution in [0.2, 0.25) is 0 Å². The van der Waals surface area contributed by atoms with Gasteiger partial charge in [-0.05, 0) is 49.9 Å². The maximum absolute atomic E-state index is 12.6. The first-order valence-electron chi connectivity index (χ1n) is 9.22. The van der Waals surface area contributed by atoms with E-state index in [0.29, 0.717) is 18.4 Å². The number of halogens is 3. The van der Waals surface area contributed by atoms with Crippen LogP contribution < -0.4 is 10.1 Å². The first kappa shape index (κ1) is 19.6. The molecule has 2 aromatic heterocycles. The van der Waals surface area contributed by atoms with Crippen molar-refractivity contribution in [1.29, 1.82) is 0 Å². The summed E-state index contributed by atoms with van der Waals surface area (Å²) < 4.78 is 44.4. The van der Waals surface area contributed by atoms with Crippen molar-refractivity contribution >= 4 is 27.5 Å². The van der Waals surface area contributed by atoms with Gasteiger partial charge in [0.1, 0.15) is 6.10 Å². The van der Waals surface area contributed by atoms with Gasteiger partial charge in [0, 0.05) is 23.9 Å². The number of thiazole rings is 1. The molecule has 5 nitrogen and oxygen atoms in total. The average molecular weight is 421 g/mol. The first-order valence-corrected chi connectivity index (χ1v) is 10.1. The van der Waals surface area contributed by atoms with Gasteiger partial charge in [-0.15, -0.1) is 11.3 Å². The number of pyridine rings is 1. The quantitative estimate of drug-likeness (QED) is 0.655. The molecule has 1 fully saturated rings. The van der Waals surface area contributed by atoms with Gasteiger partial charge < -0.3 is 10.1 Å². The molecule has 1 aromatic carbocycles. The molecule has 0 spiro atoms. The molecule has 0 saturated heterocycles. The van der Waals surface area contributed by atoms with E-state index in [0.717, 1.165) is 35.3 Å². The lowest BCUT2D eigenvalue weighted by Crippen LogP contribution is -2.39. The van der Waals surface area contributed by atoms with Crippen LogP contribution in [0.4, 0.5) is 13.2 Å². The van der Waals surface area contributed by atoms with Crippen molar-refractivity contribution in [2.75, 3.05) is 0 Å². The maximum atomic E-state index is 12.6. The Morgan fingerprint density at radius 3 is 2.59 bits per heavy atom.